The molecule has 0 spiro atoms. The predicted molar refractivity (Wildman–Crippen MR) is 115 cm³/mol. The van der Waals surface area contributed by atoms with E-state index in [0.717, 1.165) is 0 Å². The Balaban J connectivity index is 1.22. The van der Waals surface area contributed by atoms with E-state index in [2.05, 4.69) is 15.5 Å². The topological polar surface area (TPSA) is 101 Å². The molecule has 4 rings (SSSR count). The van der Waals surface area contributed by atoms with Gasteiger partial charge in [-0.2, -0.15) is 0 Å². The maximum Gasteiger partial charge on any atom is 0.273 e. The second-order valence-electron chi connectivity index (χ2n) is 7.31. The van der Waals surface area contributed by atoms with Gasteiger partial charge in [-0.05, 0) is 31.2 Å². The Morgan fingerprint density at radius 1 is 1.22 bits per heavy atom. The molecule has 0 unspecified atom stereocenters. The number of anilines is 1. The standard InChI is InChI=1S/C21H22FN5O4S/c1-14-10-18(25-31-14)24-19(28)11-26-6-8-27(9-7-26)21(29)17-13-32-20(23-17)12-30-16-4-2-15(22)3-5-16/h2-5,10,13H,6-9,11-12H2,1H3,(H,24,25,28). The highest BCUT2D eigenvalue weighted by Gasteiger charge is 2.25. The monoisotopic (exact) mass is 459 g/mol. The average molecular weight is 460 g/mol. The van der Waals surface area contributed by atoms with E-state index in [1.165, 1.54) is 23.5 Å². The normalized spacial score (nSPS) is 14.4. The minimum atomic E-state index is -0.328. The lowest BCUT2D eigenvalue weighted by Crippen LogP contribution is -2.50. The van der Waals surface area contributed by atoms with Crippen LogP contribution in [0.4, 0.5) is 10.2 Å². The minimum Gasteiger partial charge on any atom is -0.486 e. The van der Waals surface area contributed by atoms with Crippen molar-refractivity contribution in [1.82, 2.24) is 19.9 Å². The minimum absolute atomic E-state index is 0.142. The van der Waals surface area contributed by atoms with Crippen LogP contribution < -0.4 is 10.1 Å². The van der Waals surface area contributed by atoms with E-state index in [0.29, 0.717) is 54.2 Å². The van der Waals surface area contributed by atoms with Crippen LogP contribution in [0.1, 0.15) is 21.3 Å². The van der Waals surface area contributed by atoms with E-state index < -0.39 is 0 Å². The molecule has 9 nitrogen and oxygen atoms in total. The third kappa shape index (κ3) is 5.68. The molecule has 0 bridgehead atoms. The van der Waals surface area contributed by atoms with Crippen molar-refractivity contribution < 1.29 is 23.2 Å². The maximum atomic E-state index is 13.0. The van der Waals surface area contributed by atoms with Crippen molar-refractivity contribution in [1.29, 1.82) is 0 Å². The fourth-order valence-corrected chi connectivity index (χ4v) is 3.91. The molecule has 1 fully saturated rings. The number of nitrogens with one attached hydrogen (secondary N) is 1. The Kier molecular flexibility index (Phi) is 6.76. The molecule has 2 amide bonds. The Bertz CT molecular complexity index is 1080. The van der Waals surface area contributed by atoms with Gasteiger partial charge in [0.1, 0.15) is 34.6 Å². The largest absolute Gasteiger partial charge is 0.486 e. The van der Waals surface area contributed by atoms with Crippen molar-refractivity contribution >= 4 is 29.0 Å². The number of halogens is 1. The molecular weight excluding hydrogens is 437 g/mol. The summed E-state index contributed by atoms with van der Waals surface area (Å²) in [6, 6.07) is 7.39. The third-order valence-corrected chi connectivity index (χ3v) is 5.69. The van der Waals surface area contributed by atoms with Gasteiger partial charge in [0, 0.05) is 37.6 Å². The van der Waals surface area contributed by atoms with Crippen molar-refractivity contribution in [2.24, 2.45) is 0 Å². The molecule has 0 atom stereocenters. The molecule has 3 aromatic rings. The molecule has 0 aliphatic carbocycles. The summed E-state index contributed by atoms with van der Waals surface area (Å²) in [5.74, 6) is 0.905. The van der Waals surface area contributed by atoms with Crippen LogP contribution in [0.2, 0.25) is 0 Å². The molecule has 1 saturated heterocycles. The van der Waals surface area contributed by atoms with E-state index in [4.69, 9.17) is 9.26 Å². The number of thiazole rings is 1. The van der Waals surface area contributed by atoms with Crippen molar-refractivity contribution in [2.45, 2.75) is 13.5 Å². The number of carbonyl (C=O) groups is 2. The summed E-state index contributed by atoms with van der Waals surface area (Å²) in [7, 11) is 0. The van der Waals surface area contributed by atoms with Crippen LogP contribution in [0.5, 0.6) is 5.75 Å². The number of piperazine rings is 1. The molecule has 1 aromatic carbocycles. The number of nitrogens with zero attached hydrogens (tertiary/aromatic N) is 4. The zero-order valence-electron chi connectivity index (χ0n) is 17.4. The van der Waals surface area contributed by atoms with Gasteiger partial charge in [-0.25, -0.2) is 9.37 Å². The van der Waals surface area contributed by atoms with Gasteiger partial charge in [-0.1, -0.05) is 5.16 Å². The zero-order valence-corrected chi connectivity index (χ0v) is 18.2. The smallest absolute Gasteiger partial charge is 0.273 e. The Morgan fingerprint density at radius 3 is 2.66 bits per heavy atom. The number of amides is 2. The van der Waals surface area contributed by atoms with Crippen LogP contribution in [0.25, 0.3) is 0 Å². The number of hydrogen-bond donors (Lipinski definition) is 1. The van der Waals surface area contributed by atoms with Crippen LogP contribution in [0.3, 0.4) is 0 Å². The van der Waals surface area contributed by atoms with Gasteiger partial charge in [0.2, 0.25) is 5.91 Å². The summed E-state index contributed by atoms with van der Waals surface area (Å²) in [4.78, 5) is 33.0. The first-order valence-corrected chi connectivity index (χ1v) is 10.9. The fraction of sp³-hybridized carbons (Fsp3) is 0.333. The third-order valence-electron chi connectivity index (χ3n) is 4.87. The van der Waals surface area contributed by atoms with E-state index in [1.807, 2.05) is 4.90 Å². The molecule has 32 heavy (non-hydrogen) atoms. The average Bonchev–Trinajstić information content (AvgIpc) is 3.42. The van der Waals surface area contributed by atoms with Crippen molar-refractivity contribution in [2.75, 3.05) is 38.0 Å². The highest BCUT2D eigenvalue weighted by molar-refractivity contribution is 7.09. The predicted octanol–water partition coefficient (Wildman–Crippen LogP) is 2.55. The molecule has 2 aromatic heterocycles. The van der Waals surface area contributed by atoms with Gasteiger partial charge in [0.05, 0.1) is 6.54 Å². The van der Waals surface area contributed by atoms with Gasteiger partial charge < -0.3 is 19.5 Å². The lowest BCUT2D eigenvalue weighted by molar-refractivity contribution is -0.117. The van der Waals surface area contributed by atoms with Gasteiger partial charge in [0.25, 0.3) is 5.91 Å². The van der Waals surface area contributed by atoms with Gasteiger partial charge in [-0.15, -0.1) is 11.3 Å². The fourth-order valence-electron chi connectivity index (χ4n) is 3.23. The zero-order chi connectivity index (χ0) is 22.5. The van der Waals surface area contributed by atoms with E-state index >= 15 is 0 Å². The summed E-state index contributed by atoms with van der Waals surface area (Å²) in [5.41, 5.74) is 0.375. The Morgan fingerprint density at radius 2 is 1.97 bits per heavy atom. The molecule has 11 heteroatoms. The molecular formula is C21H22FN5O4S. The lowest BCUT2D eigenvalue weighted by atomic mass is 10.3. The second-order valence-corrected chi connectivity index (χ2v) is 8.25. The highest BCUT2D eigenvalue weighted by Crippen LogP contribution is 2.17. The van der Waals surface area contributed by atoms with E-state index in [-0.39, 0.29) is 30.8 Å². The van der Waals surface area contributed by atoms with Crippen LogP contribution >= 0.6 is 11.3 Å². The van der Waals surface area contributed by atoms with Crippen molar-refractivity contribution in [3.05, 3.63) is 58.0 Å². The Hall–Kier alpha value is -3.31. The van der Waals surface area contributed by atoms with Crippen LogP contribution in [-0.4, -0.2) is 64.5 Å². The molecule has 0 saturated carbocycles. The highest BCUT2D eigenvalue weighted by atomic mass is 32.1. The number of ether oxygens (including phenoxy) is 1. The van der Waals surface area contributed by atoms with Gasteiger partial charge in [-0.3, -0.25) is 14.5 Å². The molecule has 3 heterocycles. The first-order valence-electron chi connectivity index (χ1n) is 10.0. The van der Waals surface area contributed by atoms with Crippen molar-refractivity contribution in [3.8, 4) is 5.75 Å². The first-order chi connectivity index (χ1) is 15.5. The SMILES string of the molecule is Cc1cc(NC(=O)CN2CCN(C(=O)c3csc(COc4ccc(F)cc4)n3)CC2)no1. The summed E-state index contributed by atoms with van der Waals surface area (Å²) in [6.07, 6.45) is 0. The van der Waals surface area contributed by atoms with E-state index in [1.54, 1.807) is 35.4 Å². The maximum absolute atomic E-state index is 13.0. The quantitative estimate of drug-likeness (QED) is 0.580. The summed E-state index contributed by atoms with van der Waals surface area (Å²) >= 11 is 1.34. The van der Waals surface area contributed by atoms with Crippen molar-refractivity contribution in [3.63, 3.8) is 0 Å². The molecule has 0 radical (unpaired) electrons. The van der Waals surface area contributed by atoms with Gasteiger partial charge >= 0.3 is 0 Å². The summed E-state index contributed by atoms with van der Waals surface area (Å²) < 4.78 is 23.5. The molecule has 168 valence electrons. The molecule has 1 N–H and O–H groups in total. The van der Waals surface area contributed by atoms with Crippen LogP contribution in [0.15, 0.2) is 40.2 Å². The number of carbonyl (C=O) groups excluding carboxylic acids is 2. The second kappa shape index (κ2) is 9.88. The first kappa shape index (κ1) is 21.9. The molecule has 1 aliphatic rings. The number of aromatic nitrogens is 2. The van der Waals surface area contributed by atoms with Crippen LogP contribution in [-0.2, 0) is 11.4 Å². The number of aryl methyl sites for hydroxylation is 1. The summed E-state index contributed by atoms with van der Waals surface area (Å²) in [5, 5.41) is 8.82. The number of rotatable bonds is 7. The number of benzene rings is 1. The van der Waals surface area contributed by atoms with Crippen LogP contribution in [0, 0.1) is 12.7 Å². The van der Waals surface area contributed by atoms with Gasteiger partial charge in [0.15, 0.2) is 5.82 Å². The van der Waals surface area contributed by atoms with E-state index in [9.17, 15) is 14.0 Å². The molecule has 1 aliphatic heterocycles. The number of hydrogen-bond acceptors (Lipinski definition) is 8. The lowest BCUT2D eigenvalue weighted by Gasteiger charge is -2.33. The Labute approximate surface area is 187 Å². The summed E-state index contributed by atoms with van der Waals surface area (Å²) in [6.45, 7) is 4.36.